The number of aliphatic hydroxyl groups excluding tert-OH is 1. The van der Waals surface area contributed by atoms with E-state index in [1.54, 1.807) is 23.1 Å². The molecule has 2 heterocycles. The molecular formula is C17H14OS2. The molecule has 4 rings (SSSR count). The summed E-state index contributed by atoms with van der Waals surface area (Å²) in [5, 5.41) is 14.3. The predicted octanol–water partition coefficient (Wildman–Crippen LogP) is 4.65. The highest BCUT2D eigenvalue weighted by Gasteiger charge is 2.30. The largest absolute Gasteiger partial charge is 0.387 e. The second-order valence-electron chi connectivity index (χ2n) is 5.10. The van der Waals surface area contributed by atoms with E-state index in [2.05, 4.69) is 47.8 Å². The van der Waals surface area contributed by atoms with Gasteiger partial charge in [0.05, 0.1) is 6.10 Å². The minimum absolute atomic E-state index is 0.222. The van der Waals surface area contributed by atoms with Gasteiger partial charge in [-0.3, -0.25) is 0 Å². The summed E-state index contributed by atoms with van der Waals surface area (Å²) in [6.45, 7) is 0. The maximum Gasteiger partial charge on any atom is 0.0929 e. The lowest BCUT2D eigenvalue weighted by Crippen LogP contribution is -2.14. The van der Waals surface area contributed by atoms with Crippen LogP contribution in [0, 0.1) is 0 Å². The first-order chi connectivity index (χ1) is 9.83. The summed E-state index contributed by atoms with van der Waals surface area (Å²) >= 11 is 3.52. The van der Waals surface area contributed by atoms with Gasteiger partial charge in [-0.15, -0.1) is 23.1 Å². The molecule has 20 heavy (non-hydrogen) atoms. The van der Waals surface area contributed by atoms with Crippen LogP contribution in [0.1, 0.15) is 17.2 Å². The average Bonchev–Trinajstić information content (AvgIpc) is 3.12. The summed E-state index contributed by atoms with van der Waals surface area (Å²) in [4.78, 5) is 1.31. The number of aliphatic hydroxyl groups is 1. The summed E-state index contributed by atoms with van der Waals surface area (Å²) in [5.41, 5.74) is 2.43. The zero-order valence-electron chi connectivity index (χ0n) is 10.8. The van der Waals surface area contributed by atoms with Gasteiger partial charge in [-0.2, -0.15) is 0 Å². The third-order valence-corrected chi connectivity index (χ3v) is 6.21. The molecule has 0 aliphatic carbocycles. The van der Waals surface area contributed by atoms with Gasteiger partial charge in [0, 0.05) is 14.8 Å². The number of thiophene rings is 1. The van der Waals surface area contributed by atoms with E-state index in [1.807, 2.05) is 6.07 Å². The molecule has 3 heteroatoms. The summed E-state index contributed by atoms with van der Waals surface area (Å²) < 4.78 is 1.22. The predicted molar refractivity (Wildman–Crippen MR) is 86.6 cm³/mol. The smallest absolute Gasteiger partial charge is 0.0929 e. The van der Waals surface area contributed by atoms with Crippen LogP contribution in [0.25, 0.3) is 10.1 Å². The van der Waals surface area contributed by atoms with Crippen LogP contribution in [0.2, 0.25) is 0 Å². The molecule has 2 unspecified atom stereocenters. The van der Waals surface area contributed by atoms with Gasteiger partial charge in [-0.1, -0.05) is 36.4 Å². The van der Waals surface area contributed by atoms with Gasteiger partial charge in [0.2, 0.25) is 0 Å². The number of fused-ring (bicyclic) bond motifs is 2. The first-order valence-corrected chi connectivity index (χ1v) is 8.47. The Morgan fingerprint density at radius 2 is 1.95 bits per heavy atom. The zero-order chi connectivity index (χ0) is 13.5. The van der Waals surface area contributed by atoms with Crippen molar-refractivity contribution in [1.82, 2.24) is 0 Å². The molecule has 0 saturated carbocycles. The topological polar surface area (TPSA) is 20.2 Å². The highest BCUT2D eigenvalue weighted by atomic mass is 32.2. The van der Waals surface area contributed by atoms with E-state index in [0.29, 0.717) is 0 Å². The van der Waals surface area contributed by atoms with E-state index < -0.39 is 6.10 Å². The van der Waals surface area contributed by atoms with Crippen molar-refractivity contribution in [3.05, 3.63) is 65.0 Å². The number of thioether (sulfide) groups is 1. The third kappa shape index (κ3) is 1.97. The summed E-state index contributed by atoms with van der Waals surface area (Å²) in [6, 6.07) is 16.8. The molecular weight excluding hydrogens is 284 g/mol. The summed E-state index contributed by atoms with van der Waals surface area (Å²) in [6.07, 6.45) is 0.541. The fourth-order valence-electron chi connectivity index (χ4n) is 2.83. The molecule has 1 aliphatic heterocycles. The second kappa shape index (κ2) is 4.92. The van der Waals surface area contributed by atoms with Crippen LogP contribution >= 0.6 is 23.1 Å². The molecule has 2 aromatic carbocycles. The van der Waals surface area contributed by atoms with Gasteiger partial charge in [-0.05, 0) is 40.4 Å². The van der Waals surface area contributed by atoms with Crippen LogP contribution in [-0.2, 0) is 6.42 Å². The highest BCUT2D eigenvalue weighted by Crippen LogP contribution is 2.44. The average molecular weight is 298 g/mol. The van der Waals surface area contributed by atoms with E-state index in [1.165, 1.54) is 20.5 Å². The molecule has 1 nitrogen and oxygen atoms in total. The Balaban J connectivity index is 1.69. The number of hydrogen-bond acceptors (Lipinski definition) is 3. The van der Waals surface area contributed by atoms with Gasteiger partial charge in [0.15, 0.2) is 0 Å². The minimum atomic E-state index is -0.408. The lowest BCUT2D eigenvalue weighted by molar-refractivity contribution is 0.177. The van der Waals surface area contributed by atoms with Gasteiger partial charge in [0.1, 0.15) is 0 Å². The van der Waals surface area contributed by atoms with Crippen molar-refractivity contribution in [2.24, 2.45) is 0 Å². The van der Waals surface area contributed by atoms with Crippen molar-refractivity contribution in [2.75, 3.05) is 0 Å². The number of benzene rings is 2. The number of hydrogen-bond donors (Lipinski definition) is 1. The Bertz CT molecular complexity index is 737. The molecule has 100 valence electrons. The molecule has 0 bridgehead atoms. The van der Waals surface area contributed by atoms with Gasteiger partial charge >= 0.3 is 0 Å². The normalized spacial score (nSPS) is 19.1. The van der Waals surface area contributed by atoms with Crippen LogP contribution < -0.4 is 0 Å². The SMILES string of the molecule is OC(c1cccc2ccsc12)C1Cc2ccccc2S1. The van der Waals surface area contributed by atoms with Gasteiger partial charge in [0.25, 0.3) is 0 Å². The number of rotatable bonds is 2. The first kappa shape index (κ1) is 12.5. The standard InChI is InChI=1S/C17H14OS2/c18-16(13-6-3-5-11-8-9-19-17(11)13)15-10-12-4-1-2-7-14(12)20-15/h1-9,15-16,18H,10H2. The van der Waals surface area contributed by atoms with E-state index in [9.17, 15) is 5.11 Å². The molecule has 1 aromatic heterocycles. The monoisotopic (exact) mass is 298 g/mol. The second-order valence-corrected chi connectivity index (χ2v) is 7.30. The van der Waals surface area contributed by atoms with Crippen molar-refractivity contribution >= 4 is 33.2 Å². The highest BCUT2D eigenvalue weighted by molar-refractivity contribution is 8.00. The van der Waals surface area contributed by atoms with Crippen LogP contribution in [0.4, 0.5) is 0 Å². The zero-order valence-corrected chi connectivity index (χ0v) is 12.5. The van der Waals surface area contributed by atoms with E-state index in [-0.39, 0.29) is 5.25 Å². The van der Waals surface area contributed by atoms with E-state index in [0.717, 1.165) is 12.0 Å². The Morgan fingerprint density at radius 1 is 1.05 bits per heavy atom. The van der Waals surface area contributed by atoms with Crippen molar-refractivity contribution in [3.8, 4) is 0 Å². The van der Waals surface area contributed by atoms with E-state index >= 15 is 0 Å². The van der Waals surface area contributed by atoms with Crippen molar-refractivity contribution in [2.45, 2.75) is 22.7 Å². The molecule has 1 N–H and O–H groups in total. The molecule has 1 aliphatic rings. The quantitative estimate of drug-likeness (QED) is 0.743. The Hall–Kier alpha value is -1.29. The fraction of sp³-hybridized carbons (Fsp3) is 0.176. The first-order valence-electron chi connectivity index (χ1n) is 6.72. The van der Waals surface area contributed by atoms with E-state index in [4.69, 9.17) is 0 Å². The summed E-state index contributed by atoms with van der Waals surface area (Å²) in [5.74, 6) is 0. The van der Waals surface area contributed by atoms with Crippen LogP contribution in [-0.4, -0.2) is 10.4 Å². The van der Waals surface area contributed by atoms with Crippen LogP contribution in [0.15, 0.2) is 58.8 Å². The van der Waals surface area contributed by atoms with Crippen LogP contribution in [0.5, 0.6) is 0 Å². The molecule has 3 aromatic rings. The lowest BCUT2D eigenvalue weighted by atomic mass is 10.0. The fourth-order valence-corrected chi connectivity index (χ4v) is 5.11. The molecule has 0 saturated heterocycles. The van der Waals surface area contributed by atoms with Gasteiger partial charge in [-0.25, -0.2) is 0 Å². The molecule has 0 amide bonds. The third-order valence-electron chi connectivity index (χ3n) is 3.85. The molecule has 0 fully saturated rings. The summed E-state index contributed by atoms with van der Waals surface area (Å²) in [7, 11) is 0. The van der Waals surface area contributed by atoms with Crippen LogP contribution in [0.3, 0.4) is 0 Å². The maximum absolute atomic E-state index is 10.8. The lowest BCUT2D eigenvalue weighted by Gasteiger charge is -2.18. The van der Waals surface area contributed by atoms with Gasteiger partial charge < -0.3 is 5.11 Å². The molecule has 0 radical (unpaired) electrons. The molecule has 0 spiro atoms. The van der Waals surface area contributed by atoms with Crippen molar-refractivity contribution in [1.29, 1.82) is 0 Å². The Kier molecular flexibility index (Phi) is 3.06. The molecule has 2 atom stereocenters. The Labute approximate surface area is 126 Å². The minimum Gasteiger partial charge on any atom is -0.387 e. The van der Waals surface area contributed by atoms with Crippen molar-refractivity contribution in [3.63, 3.8) is 0 Å². The Morgan fingerprint density at radius 3 is 2.85 bits per heavy atom. The maximum atomic E-state index is 10.8. The van der Waals surface area contributed by atoms with Crippen molar-refractivity contribution < 1.29 is 5.11 Å².